The van der Waals surface area contributed by atoms with Crippen molar-refractivity contribution in [1.29, 1.82) is 5.41 Å². The molecule has 0 aromatic heterocycles. The third kappa shape index (κ3) is 5.59. The van der Waals surface area contributed by atoms with Gasteiger partial charge in [0, 0.05) is 68.1 Å². The first kappa shape index (κ1) is 27.4. The van der Waals surface area contributed by atoms with Crippen molar-refractivity contribution < 1.29 is 23.0 Å². The van der Waals surface area contributed by atoms with Crippen LogP contribution in [0.5, 0.6) is 5.75 Å². The van der Waals surface area contributed by atoms with Gasteiger partial charge in [-0.1, -0.05) is 18.2 Å². The average Bonchev–Trinajstić information content (AvgIpc) is 2.93. The van der Waals surface area contributed by atoms with E-state index in [2.05, 4.69) is 16.8 Å². The molecule has 39 heavy (non-hydrogen) atoms. The summed E-state index contributed by atoms with van der Waals surface area (Å²) in [7, 11) is 0. The van der Waals surface area contributed by atoms with Gasteiger partial charge in [0.15, 0.2) is 5.75 Å². The zero-order valence-electron chi connectivity index (χ0n) is 21.8. The predicted octanol–water partition coefficient (Wildman–Crippen LogP) is 3.83. The molecule has 2 fully saturated rings. The molecule has 0 bridgehead atoms. The number of hydrogen-bond donors (Lipinski definition) is 2. The number of rotatable bonds is 5. The minimum absolute atomic E-state index is 0.0891. The lowest BCUT2D eigenvalue weighted by molar-refractivity contribution is -0.128. The SMILES string of the molecule is C=CC(=O)N1CCN(C(=N)c2cc(Cl)c(-c3ccc(F)cc3F)c3c2N[C@H](CN2CCOCC2)CO3)[C@@H](C)C1. The Kier molecular flexibility index (Phi) is 8.06. The molecule has 0 saturated carbocycles. The zero-order chi connectivity index (χ0) is 27.7. The van der Waals surface area contributed by atoms with Crippen LogP contribution in [0.25, 0.3) is 11.1 Å². The first-order chi connectivity index (χ1) is 18.8. The lowest BCUT2D eigenvalue weighted by atomic mass is 9.97. The second kappa shape index (κ2) is 11.5. The number of nitrogens with zero attached hydrogens (tertiary/aromatic N) is 3. The molecule has 1 amide bonds. The van der Waals surface area contributed by atoms with Crippen molar-refractivity contribution >= 4 is 29.0 Å². The van der Waals surface area contributed by atoms with Crippen LogP contribution in [-0.4, -0.2) is 97.6 Å². The van der Waals surface area contributed by atoms with E-state index >= 15 is 0 Å². The lowest BCUT2D eigenvalue weighted by Crippen LogP contribution is -2.55. The van der Waals surface area contributed by atoms with E-state index < -0.39 is 11.6 Å². The maximum absolute atomic E-state index is 14.9. The van der Waals surface area contributed by atoms with Gasteiger partial charge in [0.1, 0.15) is 24.1 Å². The number of fused-ring (bicyclic) bond motifs is 1. The van der Waals surface area contributed by atoms with Gasteiger partial charge in [-0.15, -0.1) is 0 Å². The summed E-state index contributed by atoms with van der Waals surface area (Å²) in [5.74, 6) is -1.02. The fourth-order valence-electron chi connectivity index (χ4n) is 5.44. The van der Waals surface area contributed by atoms with Gasteiger partial charge < -0.3 is 24.6 Å². The zero-order valence-corrected chi connectivity index (χ0v) is 22.6. The van der Waals surface area contributed by atoms with E-state index in [1.807, 2.05) is 11.8 Å². The van der Waals surface area contributed by atoms with Gasteiger partial charge in [-0.3, -0.25) is 15.1 Å². The van der Waals surface area contributed by atoms with E-state index in [9.17, 15) is 19.0 Å². The standard InChI is InChI=1S/C28H32ClF2N5O3/c1-3-24(37)35-6-7-36(17(2)14-35)28(32)21-13-22(29)25(20-5-4-18(30)12-23(20)31)27-26(21)33-19(16-39-27)15-34-8-10-38-11-9-34/h3-5,12-13,17,19,32-33H,1,6-11,14-16H2,2H3/t17-,19+/m0/s1. The summed E-state index contributed by atoms with van der Waals surface area (Å²) in [4.78, 5) is 18.1. The number of benzene rings is 2. The number of carbonyl (C=O) groups excluding carboxylic acids is 1. The van der Waals surface area contributed by atoms with Crippen molar-refractivity contribution in [2.45, 2.75) is 19.0 Å². The second-order valence-electron chi connectivity index (χ2n) is 10.1. The third-order valence-corrected chi connectivity index (χ3v) is 7.75. The van der Waals surface area contributed by atoms with Crippen LogP contribution in [0, 0.1) is 17.0 Å². The number of halogens is 3. The minimum Gasteiger partial charge on any atom is -0.488 e. The number of anilines is 1. The predicted molar refractivity (Wildman–Crippen MR) is 147 cm³/mol. The average molecular weight is 560 g/mol. The fourth-order valence-corrected chi connectivity index (χ4v) is 5.74. The molecule has 3 heterocycles. The Morgan fingerprint density at radius 1 is 1.23 bits per heavy atom. The monoisotopic (exact) mass is 559 g/mol. The quantitative estimate of drug-likeness (QED) is 0.329. The molecular formula is C28H32ClF2N5O3. The van der Waals surface area contributed by atoms with Gasteiger partial charge in [-0.2, -0.15) is 0 Å². The van der Waals surface area contributed by atoms with Crippen LogP contribution in [0.4, 0.5) is 14.5 Å². The molecule has 0 radical (unpaired) electrons. The number of carbonyl (C=O) groups is 1. The Labute approximate surface area is 231 Å². The molecule has 0 spiro atoms. The number of amidine groups is 1. The smallest absolute Gasteiger partial charge is 0.246 e. The number of piperazine rings is 1. The van der Waals surface area contributed by atoms with E-state index in [0.717, 1.165) is 19.2 Å². The summed E-state index contributed by atoms with van der Waals surface area (Å²) < 4.78 is 40.3. The minimum atomic E-state index is -0.752. The van der Waals surface area contributed by atoms with Crippen LogP contribution in [0.2, 0.25) is 5.02 Å². The molecule has 2 saturated heterocycles. The second-order valence-corrected chi connectivity index (χ2v) is 10.5. The van der Waals surface area contributed by atoms with Crippen LogP contribution >= 0.6 is 11.6 Å². The van der Waals surface area contributed by atoms with Gasteiger partial charge >= 0.3 is 0 Å². The van der Waals surface area contributed by atoms with Crippen LogP contribution in [0.1, 0.15) is 12.5 Å². The molecule has 3 aliphatic heterocycles. The third-order valence-electron chi connectivity index (χ3n) is 7.45. The fraction of sp³-hybridized carbons (Fsp3) is 0.429. The number of amides is 1. The van der Waals surface area contributed by atoms with Gasteiger partial charge in [-0.05, 0) is 31.2 Å². The number of nitrogens with one attached hydrogen (secondary N) is 2. The number of morpholine rings is 1. The van der Waals surface area contributed by atoms with E-state index in [0.29, 0.717) is 68.6 Å². The summed E-state index contributed by atoms with van der Waals surface area (Å²) in [6.07, 6.45) is 1.30. The molecule has 0 aliphatic carbocycles. The molecule has 3 aliphatic rings. The Balaban J connectivity index is 1.51. The Morgan fingerprint density at radius 2 is 2.00 bits per heavy atom. The first-order valence-electron chi connectivity index (χ1n) is 13.0. The van der Waals surface area contributed by atoms with Crippen LogP contribution in [-0.2, 0) is 9.53 Å². The van der Waals surface area contributed by atoms with Crippen molar-refractivity contribution in [3.8, 4) is 16.9 Å². The molecule has 2 aromatic rings. The van der Waals surface area contributed by atoms with Crippen molar-refractivity contribution in [1.82, 2.24) is 14.7 Å². The molecule has 0 unspecified atom stereocenters. The van der Waals surface area contributed by atoms with E-state index in [-0.39, 0.29) is 34.4 Å². The lowest BCUT2D eigenvalue weighted by Gasteiger charge is -2.42. The van der Waals surface area contributed by atoms with Crippen LogP contribution in [0.3, 0.4) is 0 Å². The summed E-state index contributed by atoms with van der Waals surface area (Å²) >= 11 is 6.74. The van der Waals surface area contributed by atoms with Gasteiger partial charge in [0.2, 0.25) is 5.91 Å². The molecule has 2 N–H and O–H groups in total. The van der Waals surface area contributed by atoms with Crippen LogP contribution in [0.15, 0.2) is 36.9 Å². The highest BCUT2D eigenvalue weighted by molar-refractivity contribution is 6.34. The normalized spacial score (nSPS) is 21.5. The highest BCUT2D eigenvalue weighted by Gasteiger charge is 2.34. The number of hydrogen-bond acceptors (Lipinski definition) is 6. The molecule has 11 heteroatoms. The number of ether oxygens (including phenoxy) is 2. The Bertz CT molecular complexity index is 1290. The first-order valence-corrected chi connectivity index (χ1v) is 13.4. The largest absolute Gasteiger partial charge is 0.488 e. The molecule has 2 atom stereocenters. The maximum Gasteiger partial charge on any atom is 0.246 e. The van der Waals surface area contributed by atoms with Crippen molar-refractivity contribution in [3.05, 3.63) is 59.1 Å². The van der Waals surface area contributed by atoms with Gasteiger partial charge in [0.25, 0.3) is 0 Å². The topological polar surface area (TPSA) is 81.1 Å². The summed E-state index contributed by atoms with van der Waals surface area (Å²) in [5.41, 5.74) is 1.49. The van der Waals surface area contributed by atoms with Gasteiger partial charge in [-0.25, -0.2) is 8.78 Å². The summed E-state index contributed by atoms with van der Waals surface area (Å²) in [6, 6.07) is 4.76. The van der Waals surface area contributed by atoms with E-state index in [1.54, 1.807) is 11.0 Å². The van der Waals surface area contributed by atoms with Gasteiger partial charge in [0.05, 0.1) is 30.0 Å². The van der Waals surface area contributed by atoms with Crippen molar-refractivity contribution in [2.24, 2.45) is 0 Å². The molecule has 208 valence electrons. The summed E-state index contributed by atoms with van der Waals surface area (Å²) in [5, 5.41) is 12.9. The van der Waals surface area contributed by atoms with E-state index in [1.165, 1.54) is 18.2 Å². The summed E-state index contributed by atoms with van der Waals surface area (Å²) in [6.45, 7) is 10.9. The molecule has 2 aromatic carbocycles. The Morgan fingerprint density at radius 3 is 2.69 bits per heavy atom. The van der Waals surface area contributed by atoms with Crippen molar-refractivity contribution in [3.63, 3.8) is 0 Å². The molecule has 8 nitrogen and oxygen atoms in total. The van der Waals surface area contributed by atoms with Crippen molar-refractivity contribution in [2.75, 3.05) is 64.4 Å². The highest BCUT2D eigenvalue weighted by Crippen LogP contribution is 2.47. The Hall–Kier alpha value is -3.21. The van der Waals surface area contributed by atoms with E-state index in [4.69, 9.17) is 21.1 Å². The molecular weight excluding hydrogens is 528 g/mol. The highest BCUT2D eigenvalue weighted by atomic mass is 35.5. The molecule has 5 rings (SSSR count). The van der Waals surface area contributed by atoms with Crippen LogP contribution < -0.4 is 10.1 Å². The maximum atomic E-state index is 14.9.